The molecule has 2 unspecified atom stereocenters. The van der Waals surface area contributed by atoms with Crippen molar-refractivity contribution in [3.63, 3.8) is 0 Å². The lowest BCUT2D eigenvalue weighted by Gasteiger charge is -2.14. The summed E-state index contributed by atoms with van der Waals surface area (Å²) in [6.45, 7) is 1.74. The summed E-state index contributed by atoms with van der Waals surface area (Å²) in [6, 6.07) is 0. The van der Waals surface area contributed by atoms with E-state index in [2.05, 4.69) is 19.6 Å². The van der Waals surface area contributed by atoms with E-state index in [4.69, 9.17) is 5.11 Å². The maximum absolute atomic E-state index is 11.4. The third kappa shape index (κ3) is 6.93. The van der Waals surface area contributed by atoms with Crippen molar-refractivity contribution in [1.82, 2.24) is 0 Å². The lowest BCUT2D eigenvalue weighted by atomic mass is 10.0. The molecule has 90 valence electrons. The maximum atomic E-state index is 11.4. The van der Waals surface area contributed by atoms with E-state index in [1.165, 1.54) is 12.8 Å². The molecule has 3 nitrogen and oxygen atoms in total. The molecule has 0 aromatic carbocycles. The molecule has 0 aliphatic heterocycles. The molecular weight excluding hydrogens is 212 g/mol. The number of thiol groups is 1. The lowest BCUT2D eigenvalue weighted by Crippen LogP contribution is -2.31. The van der Waals surface area contributed by atoms with E-state index in [1.54, 1.807) is 0 Å². The Bertz CT molecular complexity index is 173. The zero-order valence-electron chi connectivity index (χ0n) is 9.35. The van der Waals surface area contributed by atoms with Crippen molar-refractivity contribution in [2.45, 2.75) is 56.8 Å². The first kappa shape index (κ1) is 14.9. The fraction of sp³-hybridized carbons (Fsp3) is 0.909. The van der Waals surface area contributed by atoms with Crippen molar-refractivity contribution in [3.05, 3.63) is 0 Å². The number of carbonyl (C=O) groups is 1. The fourth-order valence-corrected chi connectivity index (χ4v) is 1.59. The van der Waals surface area contributed by atoms with Gasteiger partial charge in [-0.15, -0.1) is 0 Å². The third-order valence-corrected chi connectivity index (χ3v) is 3.04. The van der Waals surface area contributed by atoms with Crippen molar-refractivity contribution in [3.8, 4) is 0 Å². The largest absolute Gasteiger partial charge is 0.394 e. The number of unbranched alkanes of at least 4 members (excludes halogenated alkanes) is 4. The number of aliphatic hydroxyl groups is 2. The van der Waals surface area contributed by atoms with Gasteiger partial charge in [0.2, 0.25) is 0 Å². The Morgan fingerprint density at radius 2 is 1.87 bits per heavy atom. The van der Waals surface area contributed by atoms with Gasteiger partial charge in [0.1, 0.15) is 5.78 Å². The summed E-state index contributed by atoms with van der Waals surface area (Å²) in [4.78, 5) is 11.4. The SMILES string of the molecule is CCCCCCCC(=O)C(S)C(O)CO. The summed E-state index contributed by atoms with van der Waals surface area (Å²) in [6.07, 6.45) is 4.88. The average molecular weight is 234 g/mol. The molecular formula is C11H22O3S. The predicted octanol–water partition coefficient (Wildman–Crippen LogP) is 1.57. The molecule has 0 aromatic heterocycles. The molecule has 0 aromatic rings. The van der Waals surface area contributed by atoms with E-state index < -0.39 is 18.0 Å². The smallest absolute Gasteiger partial charge is 0.148 e. The quantitative estimate of drug-likeness (QED) is 0.419. The van der Waals surface area contributed by atoms with E-state index in [9.17, 15) is 9.90 Å². The first-order chi connectivity index (χ1) is 7.13. The molecule has 0 saturated heterocycles. The van der Waals surface area contributed by atoms with E-state index in [0.717, 1.165) is 19.3 Å². The predicted molar refractivity (Wildman–Crippen MR) is 64.2 cm³/mol. The van der Waals surface area contributed by atoms with Crippen molar-refractivity contribution in [1.29, 1.82) is 0 Å². The topological polar surface area (TPSA) is 57.5 Å². The van der Waals surface area contributed by atoms with Crippen LogP contribution < -0.4 is 0 Å². The first-order valence-electron chi connectivity index (χ1n) is 5.63. The summed E-state index contributed by atoms with van der Waals surface area (Å²) < 4.78 is 0. The van der Waals surface area contributed by atoms with Gasteiger partial charge in [-0.05, 0) is 6.42 Å². The number of rotatable bonds is 9. The highest BCUT2D eigenvalue weighted by atomic mass is 32.1. The van der Waals surface area contributed by atoms with Gasteiger partial charge in [-0.1, -0.05) is 32.6 Å². The number of Topliss-reactive ketones (excluding diaryl/α,β-unsaturated/α-hetero) is 1. The Morgan fingerprint density at radius 3 is 2.40 bits per heavy atom. The summed E-state index contributed by atoms with van der Waals surface area (Å²) in [7, 11) is 0. The summed E-state index contributed by atoms with van der Waals surface area (Å²) >= 11 is 3.98. The Morgan fingerprint density at radius 1 is 1.27 bits per heavy atom. The van der Waals surface area contributed by atoms with Crippen molar-refractivity contribution in [2.24, 2.45) is 0 Å². The van der Waals surface area contributed by atoms with Gasteiger partial charge in [0, 0.05) is 6.42 Å². The minimum absolute atomic E-state index is 0.0728. The van der Waals surface area contributed by atoms with Crippen LogP contribution in [0.1, 0.15) is 45.4 Å². The highest BCUT2D eigenvalue weighted by molar-refractivity contribution is 7.81. The zero-order valence-corrected chi connectivity index (χ0v) is 10.2. The zero-order chi connectivity index (χ0) is 11.7. The van der Waals surface area contributed by atoms with E-state index in [0.29, 0.717) is 6.42 Å². The van der Waals surface area contributed by atoms with E-state index >= 15 is 0 Å². The Balaban J connectivity index is 3.56. The molecule has 0 fully saturated rings. The monoisotopic (exact) mass is 234 g/mol. The standard InChI is InChI=1S/C11H22O3S/c1-2-3-4-5-6-7-9(13)11(15)10(14)8-12/h10-12,14-15H,2-8H2,1H3. The number of carbonyl (C=O) groups excluding carboxylic acids is 1. The summed E-state index contributed by atoms with van der Waals surface area (Å²) in [5.41, 5.74) is 0. The maximum Gasteiger partial charge on any atom is 0.148 e. The van der Waals surface area contributed by atoms with Crippen LogP contribution in [-0.2, 0) is 4.79 Å². The van der Waals surface area contributed by atoms with Crippen molar-refractivity contribution >= 4 is 18.4 Å². The number of hydrogen-bond donors (Lipinski definition) is 3. The number of hydrogen-bond acceptors (Lipinski definition) is 4. The molecule has 0 bridgehead atoms. The molecule has 2 atom stereocenters. The first-order valence-corrected chi connectivity index (χ1v) is 6.14. The van der Waals surface area contributed by atoms with Gasteiger partial charge in [0.05, 0.1) is 18.0 Å². The molecule has 15 heavy (non-hydrogen) atoms. The lowest BCUT2D eigenvalue weighted by molar-refractivity contribution is -0.120. The van der Waals surface area contributed by atoms with Crippen molar-refractivity contribution in [2.75, 3.05) is 6.61 Å². The van der Waals surface area contributed by atoms with E-state index in [-0.39, 0.29) is 5.78 Å². The van der Waals surface area contributed by atoms with Crippen LogP contribution in [0.3, 0.4) is 0 Å². The minimum atomic E-state index is -1.03. The van der Waals surface area contributed by atoms with Crippen LogP contribution in [0, 0.1) is 0 Å². The van der Waals surface area contributed by atoms with Gasteiger partial charge in [-0.3, -0.25) is 4.79 Å². The van der Waals surface area contributed by atoms with Crippen molar-refractivity contribution < 1.29 is 15.0 Å². The normalized spacial score (nSPS) is 14.9. The van der Waals surface area contributed by atoms with Crippen LogP contribution in [0.15, 0.2) is 0 Å². The van der Waals surface area contributed by atoms with E-state index in [1.807, 2.05) is 0 Å². The molecule has 0 saturated carbocycles. The van der Waals surface area contributed by atoms with Gasteiger partial charge in [0.25, 0.3) is 0 Å². The number of aliphatic hydroxyl groups excluding tert-OH is 2. The van der Waals surface area contributed by atoms with Gasteiger partial charge in [-0.25, -0.2) is 0 Å². The highest BCUT2D eigenvalue weighted by Gasteiger charge is 2.21. The third-order valence-electron chi connectivity index (χ3n) is 2.41. The molecule has 0 spiro atoms. The molecule has 0 radical (unpaired) electrons. The van der Waals surface area contributed by atoms with Crippen LogP contribution in [0.4, 0.5) is 0 Å². The van der Waals surface area contributed by atoms with Crippen LogP contribution in [0.5, 0.6) is 0 Å². The van der Waals surface area contributed by atoms with Gasteiger partial charge in [-0.2, -0.15) is 12.6 Å². The molecule has 0 aliphatic carbocycles. The molecule has 0 heterocycles. The summed E-state index contributed by atoms with van der Waals surface area (Å²) in [5, 5.41) is 17.1. The summed E-state index contributed by atoms with van der Waals surface area (Å²) in [5.74, 6) is -0.0728. The molecule has 0 rings (SSSR count). The Kier molecular flexibility index (Phi) is 9.15. The average Bonchev–Trinajstić information content (AvgIpc) is 2.26. The fourth-order valence-electron chi connectivity index (χ4n) is 1.37. The second kappa shape index (κ2) is 9.19. The molecule has 4 heteroatoms. The second-order valence-electron chi connectivity index (χ2n) is 3.83. The van der Waals surface area contributed by atoms with Crippen LogP contribution in [0.2, 0.25) is 0 Å². The second-order valence-corrected chi connectivity index (χ2v) is 4.38. The van der Waals surface area contributed by atoms with Crippen LogP contribution in [-0.4, -0.2) is 34.0 Å². The van der Waals surface area contributed by atoms with Gasteiger partial charge >= 0.3 is 0 Å². The molecule has 0 amide bonds. The van der Waals surface area contributed by atoms with Crippen LogP contribution in [0.25, 0.3) is 0 Å². The van der Waals surface area contributed by atoms with Gasteiger partial charge < -0.3 is 10.2 Å². The Hall–Kier alpha value is -0.0600. The van der Waals surface area contributed by atoms with Gasteiger partial charge in [0.15, 0.2) is 0 Å². The molecule has 0 aliphatic rings. The highest BCUT2D eigenvalue weighted by Crippen LogP contribution is 2.11. The minimum Gasteiger partial charge on any atom is -0.394 e. The number of ketones is 1. The molecule has 2 N–H and O–H groups in total. The Labute approximate surface area is 97.3 Å². The van der Waals surface area contributed by atoms with Crippen LogP contribution >= 0.6 is 12.6 Å².